The van der Waals surface area contributed by atoms with E-state index in [2.05, 4.69) is 15.5 Å². The zero-order valence-corrected chi connectivity index (χ0v) is 18.2. The van der Waals surface area contributed by atoms with Gasteiger partial charge in [0.25, 0.3) is 0 Å². The molecule has 5 aromatic rings. The van der Waals surface area contributed by atoms with Crippen molar-refractivity contribution in [2.75, 3.05) is 24.0 Å². The summed E-state index contributed by atoms with van der Waals surface area (Å²) in [5.41, 5.74) is 2.51. The average molecular weight is 463 g/mol. The van der Waals surface area contributed by atoms with Crippen LogP contribution in [0, 0.1) is 5.82 Å². The fourth-order valence-electron chi connectivity index (χ4n) is 3.51. The second kappa shape index (κ2) is 8.47. The number of benzene rings is 3. The van der Waals surface area contributed by atoms with Crippen LogP contribution in [-0.4, -0.2) is 33.6 Å². The van der Waals surface area contributed by atoms with E-state index in [1.54, 1.807) is 25.3 Å². The molecule has 0 unspecified atom stereocenters. The summed E-state index contributed by atoms with van der Waals surface area (Å²) >= 11 is 1.13. The van der Waals surface area contributed by atoms with Crippen molar-refractivity contribution in [3.63, 3.8) is 0 Å². The van der Waals surface area contributed by atoms with Gasteiger partial charge in [0.15, 0.2) is 5.82 Å². The summed E-state index contributed by atoms with van der Waals surface area (Å²) in [6.07, 6.45) is 0. The zero-order chi connectivity index (χ0) is 22.9. The number of aromatic nitrogens is 3. The van der Waals surface area contributed by atoms with Gasteiger partial charge in [0.05, 0.1) is 18.6 Å². The van der Waals surface area contributed by atoms with Crippen molar-refractivity contribution >= 4 is 45.3 Å². The number of carbonyl (C=O) groups is 1. The number of fused-ring (bicyclic) bond motifs is 3. The summed E-state index contributed by atoms with van der Waals surface area (Å²) in [4.78, 5) is 12.6. The Balaban J connectivity index is 1.32. The fraction of sp³-hybridized carbons (Fsp3) is 0.0870. The van der Waals surface area contributed by atoms with E-state index >= 15 is 0 Å². The Morgan fingerprint density at radius 2 is 1.91 bits per heavy atom. The molecule has 0 radical (unpaired) electrons. The number of rotatable bonds is 6. The number of nitrogens with zero attached hydrogens (tertiary/aromatic N) is 3. The minimum atomic E-state index is -0.357. The first-order chi connectivity index (χ1) is 16.0. The predicted octanol–water partition coefficient (Wildman–Crippen LogP) is 4.44. The Labute approximate surface area is 191 Å². The predicted molar refractivity (Wildman–Crippen MR) is 125 cm³/mol. The molecule has 3 N–H and O–H groups in total. The second-order valence-electron chi connectivity index (χ2n) is 7.17. The summed E-state index contributed by atoms with van der Waals surface area (Å²) in [7, 11) is 1.54. The van der Waals surface area contributed by atoms with Gasteiger partial charge in [-0.15, -0.1) is 10.2 Å². The van der Waals surface area contributed by atoms with Crippen LogP contribution in [0.15, 0.2) is 70.2 Å². The topological polar surface area (TPSA) is 108 Å². The Hall–Kier alpha value is -4.05. The van der Waals surface area contributed by atoms with Crippen LogP contribution in [0.2, 0.25) is 0 Å². The van der Waals surface area contributed by atoms with Crippen molar-refractivity contribution in [2.24, 2.45) is 0 Å². The van der Waals surface area contributed by atoms with Crippen LogP contribution in [0.25, 0.3) is 33.3 Å². The van der Waals surface area contributed by atoms with E-state index in [9.17, 15) is 9.18 Å². The van der Waals surface area contributed by atoms with Gasteiger partial charge in [-0.2, -0.15) is 0 Å². The minimum absolute atomic E-state index is 0.0417. The summed E-state index contributed by atoms with van der Waals surface area (Å²) in [6, 6.07) is 17.0. The van der Waals surface area contributed by atoms with Gasteiger partial charge in [-0.05, 0) is 36.4 Å². The van der Waals surface area contributed by atoms with Gasteiger partial charge in [0, 0.05) is 22.4 Å². The SMILES string of the molecule is COc1cc2c(cc1NC(=O)CSc1nnc(-c3ccc(F)cc3)n1N)oc1ccccc12. The Bertz CT molecular complexity index is 1480. The molecule has 0 bridgehead atoms. The van der Waals surface area contributed by atoms with E-state index in [1.165, 1.54) is 16.8 Å². The monoisotopic (exact) mass is 463 g/mol. The van der Waals surface area contributed by atoms with Crippen LogP contribution in [-0.2, 0) is 4.79 Å². The van der Waals surface area contributed by atoms with Gasteiger partial charge < -0.3 is 20.3 Å². The number of amides is 1. The summed E-state index contributed by atoms with van der Waals surface area (Å²) < 4.78 is 25.8. The van der Waals surface area contributed by atoms with Gasteiger partial charge in [-0.1, -0.05) is 30.0 Å². The van der Waals surface area contributed by atoms with Gasteiger partial charge >= 0.3 is 0 Å². The van der Waals surface area contributed by atoms with Crippen LogP contribution < -0.4 is 15.9 Å². The minimum Gasteiger partial charge on any atom is -0.495 e. The molecular formula is C23H18FN5O3S. The van der Waals surface area contributed by atoms with Gasteiger partial charge in [-0.3, -0.25) is 4.79 Å². The van der Waals surface area contributed by atoms with E-state index in [0.717, 1.165) is 28.1 Å². The second-order valence-corrected chi connectivity index (χ2v) is 8.11. The van der Waals surface area contributed by atoms with E-state index in [4.69, 9.17) is 15.0 Å². The molecule has 3 aromatic carbocycles. The number of carbonyl (C=O) groups excluding carboxylic acids is 1. The lowest BCUT2D eigenvalue weighted by molar-refractivity contribution is -0.113. The smallest absolute Gasteiger partial charge is 0.234 e. The van der Waals surface area contributed by atoms with Crippen molar-refractivity contribution in [1.82, 2.24) is 14.9 Å². The quantitative estimate of drug-likeness (QED) is 0.283. The van der Waals surface area contributed by atoms with Crippen molar-refractivity contribution in [1.29, 1.82) is 0 Å². The molecule has 0 saturated heterocycles. The first-order valence-electron chi connectivity index (χ1n) is 9.92. The van der Waals surface area contributed by atoms with Crippen molar-refractivity contribution in [3.05, 3.63) is 66.5 Å². The number of thioether (sulfide) groups is 1. The molecule has 10 heteroatoms. The molecule has 2 heterocycles. The first kappa shape index (κ1) is 20.8. The van der Waals surface area contributed by atoms with Gasteiger partial charge in [0.1, 0.15) is 22.7 Å². The number of hydrogen-bond acceptors (Lipinski definition) is 7. The van der Waals surface area contributed by atoms with Crippen LogP contribution in [0.4, 0.5) is 10.1 Å². The Morgan fingerprint density at radius 1 is 1.12 bits per heavy atom. The zero-order valence-electron chi connectivity index (χ0n) is 17.4. The third-order valence-corrected chi connectivity index (χ3v) is 6.02. The van der Waals surface area contributed by atoms with E-state index in [0.29, 0.717) is 33.6 Å². The lowest BCUT2D eigenvalue weighted by Gasteiger charge is -2.10. The number of halogens is 1. The molecule has 0 aliphatic carbocycles. The molecule has 0 atom stereocenters. The number of nitrogens with two attached hydrogens (primary N) is 1. The number of methoxy groups -OCH3 is 1. The standard InChI is InChI=1S/C23H18FN5O3S/c1-31-20-10-16-15-4-2-3-5-18(15)32-19(16)11-17(20)26-21(30)12-33-23-28-27-22(29(23)25)13-6-8-14(24)9-7-13/h2-11H,12,25H2,1H3,(H,26,30). The largest absolute Gasteiger partial charge is 0.495 e. The van der Waals surface area contributed by atoms with E-state index < -0.39 is 0 Å². The number of anilines is 1. The van der Waals surface area contributed by atoms with Crippen molar-refractivity contribution < 1.29 is 18.3 Å². The van der Waals surface area contributed by atoms with Gasteiger partial charge in [0.2, 0.25) is 11.1 Å². The molecule has 0 spiro atoms. The average Bonchev–Trinajstić information content (AvgIpc) is 3.37. The van der Waals surface area contributed by atoms with E-state index in [1.807, 2.05) is 30.3 Å². The summed E-state index contributed by atoms with van der Waals surface area (Å²) in [5.74, 6) is 6.37. The van der Waals surface area contributed by atoms with Crippen molar-refractivity contribution in [3.8, 4) is 17.1 Å². The lowest BCUT2D eigenvalue weighted by atomic mass is 10.1. The molecule has 166 valence electrons. The highest BCUT2D eigenvalue weighted by atomic mass is 32.2. The maximum Gasteiger partial charge on any atom is 0.234 e. The highest BCUT2D eigenvalue weighted by molar-refractivity contribution is 7.99. The maximum absolute atomic E-state index is 13.2. The summed E-state index contributed by atoms with van der Waals surface area (Å²) in [5, 5.41) is 13.1. The summed E-state index contributed by atoms with van der Waals surface area (Å²) in [6.45, 7) is 0. The Morgan fingerprint density at radius 3 is 2.70 bits per heavy atom. The number of ether oxygens (including phenoxy) is 1. The third kappa shape index (κ3) is 3.96. The lowest BCUT2D eigenvalue weighted by Crippen LogP contribution is -2.16. The molecule has 0 fully saturated rings. The highest BCUT2D eigenvalue weighted by Crippen LogP contribution is 2.36. The van der Waals surface area contributed by atoms with Crippen LogP contribution >= 0.6 is 11.8 Å². The molecule has 0 aliphatic rings. The molecule has 0 aliphatic heterocycles. The molecule has 1 amide bonds. The first-order valence-corrected chi connectivity index (χ1v) is 10.9. The normalized spacial score (nSPS) is 11.2. The number of hydrogen-bond donors (Lipinski definition) is 2. The molecule has 5 rings (SSSR count). The Kier molecular flexibility index (Phi) is 5.35. The highest BCUT2D eigenvalue weighted by Gasteiger charge is 2.17. The third-order valence-electron chi connectivity index (χ3n) is 5.07. The number of nitrogen functional groups attached to an aromatic ring is 1. The number of para-hydroxylation sites is 1. The number of furan rings is 1. The number of nitrogens with one attached hydrogen (secondary N) is 1. The molecule has 8 nitrogen and oxygen atoms in total. The molecule has 33 heavy (non-hydrogen) atoms. The maximum atomic E-state index is 13.2. The van der Waals surface area contributed by atoms with Crippen LogP contribution in [0.1, 0.15) is 0 Å². The van der Waals surface area contributed by atoms with E-state index in [-0.39, 0.29) is 17.5 Å². The van der Waals surface area contributed by atoms with Crippen LogP contribution in [0.5, 0.6) is 5.75 Å². The molecule has 2 aromatic heterocycles. The van der Waals surface area contributed by atoms with Crippen LogP contribution in [0.3, 0.4) is 0 Å². The van der Waals surface area contributed by atoms with Gasteiger partial charge in [-0.25, -0.2) is 9.07 Å². The molecule has 0 saturated carbocycles. The van der Waals surface area contributed by atoms with Crippen molar-refractivity contribution in [2.45, 2.75) is 5.16 Å². The fourth-order valence-corrected chi connectivity index (χ4v) is 4.16. The molecular weight excluding hydrogens is 445 g/mol.